The summed E-state index contributed by atoms with van der Waals surface area (Å²) in [6, 6.07) is 22.2. The number of hydrogen-bond acceptors (Lipinski definition) is 6. The molecule has 4 atom stereocenters. The van der Waals surface area contributed by atoms with Gasteiger partial charge in [0.05, 0.1) is 33.7 Å². The second-order valence-electron chi connectivity index (χ2n) is 10.6. The number of nitrogens with zero attached hydrogens (tertiary/aromatic N) is 3. The lowest BCUT2D eigenvalue weighted by Crippen LogP contribution is -2.42. The SMILES string of the molecule is Cc1ccc(S(=O)(=O)N2[C@@H](Cc3cn(S(=O)(=O)c4ccc(C)cc4)cn3)[C@H]3OCC[C@H]3[C@@H]2c2ccccc2)cc1. The highest BCUT2D eigenvalue weighted by Crippen LogP contribution is 2.50. The number of ether oxygens (including phenoxy) is 1. The number of sulfonamides is 1. The van der Waals surface area contributed by atoms with Crippen LogP contribution in [0.4, 0.5) is 0 Å². The second-order valence-corrected chi connectivity index (χ2v) is 14.3. The highest BCUT2D eigenvalue weighted by Gasteiger charge is 2.56. The maximum absolute atomic E-state index is 14.3. The lowest BCUT2D eigenvalue weighted by molar-refractivity contribution is 0.0739. The first-order chi connectivity index (χ1) is 19.2. The van der Waals surface area contributed by atoms with Crippen molar-refractivity contribution in [1.29, 1.82) is 0 Å². The van der Waals surface area contributed by atoms with E-state index in [4.69, 9.17) is 4.74 Å². The van der Waals surface area contributed by atoms with E-state index in [1.54, 1.807) is 52.8 Å². The topological polar surface area (TPSA) is 98.6 Å². The van der Waals surface area contributed by atoms with E-state index in [1.807, 2.05) is 44.2 Å². The number of rotatable bonds is 7. The van der Waals surface area contributed by atoms with E-state index < -0.39 is 32.1 Å². The Morgan fingerprint density at radius 1 is 0.825 bits per heavy atom. The number of imidazole rings is 1. The van der Waals surface area contributed by atoms with Crippen LogP contribution in [-0.2, 0) is 31.2 Å². The summed E-state index contributed by atoms with van der Waals surface area (Å²) in [5.74, 6) is -0.0361. The maximum atomic E-state index is 14.3. The minimum absolute atomic E-state index is 0.0361. The molecular weight excluding hydrogens is 546 g/mol. The number of aryl methyl sites for hydroxylation is 2. The van der Waals surface area contributed by atoms with Gasteiger partial charge in [0, 0.05) is 25.1 Å². The highest BCUT2D eigenvalue weighted by molar-refractivity contribution is 7.90. The molecule has 3 heterocycles. The fourth-order valence-corrected chi connectivity index (χ4v) is 8.95. The number of benzene rings is 3. The zero-order valence-electron chi connectivity index (χ0n) is 22.3. The van der Waals surface area contributed by atoms with Crippen molar-refractivity contribution in [3.8, 4) is 0 Å². The standard InChI is InChI=1S/C30H31N3O5S2/c1-21-8-12-25(13-9-21)39(34,35)32-19-24(31-20-32)18-28-30-27(16-17-38-30)29(23-6-4-3-5-7-23)33(28)40(36,37)26-14-10-22(2)11-15-26/h3-15,19-20,27-30H,16-18H2,1-2H3/t27-,28-,29-,30-/m0/s1. The number of fused-ring (bicyclic) bond motifs is 1. The van der Waals surface area contributed by atoms with E-state index in [9.17, 15) is 16.8 Å². The van der Waals surface area contributed by atoms with Crippen molar-refractivity contribution in [2.45, 2.75) is 54.7 Å². The average molecular weight is 578 g/mol. The van der Waals surface area contributed by atoms with Crippen LogP contribution in [-0.4, -0.2) is 48.8 Å². The van der Waals surface area contributed by atoms with Crippen molar-refractivity contribution in [1.82, 2.24) is 13.3 Å². The molecule has 2 fully saturated rings. The van der Waals surface area contributed by atoms with E-state index in [2.05, 4.69) is 4.98 Å². The van der Waals surface area contributed by atoms with Crippen molar-refractivity contribution >= 4 is 20.0 Å². The fraction of sp³-hybridized carbons (Fsp3) is 0.300. The Morgan fingerprint density at radius 2 is 1.43 bits per heavy atom. The quantitative estimate of drug-likeness (QED) is 0.321. The van der Waals surface area contributed by atoms with E-state index in [-0.39, 0.29) is 28.2 Å². The molecule has 6 rings (SSSR count). The van der Waals surface area contributed by atoms with Gasteiger partial charge in [-0.05, 0) is 50.1 Å². The molecule has 0 bridgehead atoms. The van der Waals surface area contributed by atoms with Crippen LogP contribution < -0.4 is 0 Å². The van der Waals surface area contributed by atoms with Crippen molar-refractivity contribution in [2.24, 2.45) is 5.92 Å². The van der Waals surface area contributed by atoms with Gasteiger partial charge in [0.2, 0.25) is 10.0 Å². The number of aromatic nitrogens is 2. The Balaban J connectivity index is 1.40. The van der Waals surface area contributed by atoms with Gasteiger partial charge in [-0.3, -0.25) is 0 Å². The van der Waals surface area contributed by atoms with Gasteiger partial charge in [0.15, 0.2) is 0 Å². The summed E-state index contributed by atoms with van der Waals surface area (Å²) >= 11 is 0. The third-order valence-corrected chi connectivity index (χ3v) is 11.5. The minimum Gasteiger partial charge on any atom is -0.376 e. The molecule has 4 aromatic rings. The summed E-state index contributed by atoms with van der Waals surface area (Å²) in [6.45, 7) is 4.36. The van der Waals surface area contributed by atoms with Crippen molar-refractivity contribution in [3.63, 3.8) is 0 Å². The largest absolute Gasteiger partial charge is 0.376 e. The Hall–Kier alpha value is -3.31. The molecule has 2 aliphatic heterocycles. The van der Waals surface area contributed by atoms with Crippen LogP contribution in [0.15, 0.2) is 101 Å². The van der Waals surface area contributed by atoms with Gasteiger partial charge < -0.3 is 4.74 Å². The van der Waals surface area contributed by atoms with Crippen LogP contribution in [0.3, 0.4) is 0 Å². The second kappa shape index (κ2) is 10.3. The summed E-state index contributed by atoms with van der Waals surface area (Å²) in [6.07, 6.45) is 3.36. The summed E-state index contributed by atoms with van der Waals surface area (Å²) in [7, 11) is -7.77. The van der Waals surface area contributed by atoms with E-state index in [0.29, 0.717) is 12.3 Å². The molecule has 0 amide bonds. The summed E-state index contributed by atoms with van der Waals surface area (Å²) in [5.41, 5.74) is 3.32. The fourth-order valence-electron chi connectivity index (χ4n) is 5.94. The summed E-state index contributed by atoms with van der Waals surface area (Å²) < 4.78 is 63.9. The van der Waals surface area contributed by atoms with Gasteiger partial charge in [0.1, 0.15) is 6.33 Å². The Bertz CT molecular complexity index is 1720. The van der Waals surface area contributed by atoms with Crippen LogP contribution in [0.2, 0.25) is 0 Å². The van der Waals surface area contributed by atoms with E-state index >= 15 is 0 Å². The van der Waals surface area contributed by atoms with Crippen LogP contribution in [0, 0.1) is 19.8 Å². The van der Waals surface area contributed by atoms with Crippen molar-refractivity contribution < 1.29 is 21.6 Å². The first-order valence-corrected chi connectivity index (χ1v) is 16.2. The predicted octanol–water partition coefficient (Wildman–Crippen LogP) is 4.50. The van der Waals surface area contributed by atoms with Gasteiger partial charge in [-0.25, -0.2) is 25.8 Å². The van der Waals surface area contributed by atoms with Crippen LogP contribution in [0.5, 0.6) is 0 Å². The van der Waals surface area contributed by atoms with E-state index in [1.165, 1.54) is 12.5 Å². The first kappa shape index (κ1) is 26.9. The maximum Gasteiger partial charge on any atom is 0.268 e. The molecule has 2 aliphatic rings. The lowest BCUT2D eigenvalue weighted by atomic mass is 9.90. The molecular formula is C30H31N3O5S2. The molecule has 208 valence electrons. The van der Waals surface area contributed by atoms with Crippen LogP contribution in [0.25, 0.3) is 0 Å². The molecule has 0 saturated carbocycles. The molecule has 3 aromatic carbocycles. The third kappa shape index (κ3) is 4.68. The van der Waals surface area contributed by atoms with Gasteiger partial charge in [0.25, 0.3) is 10.0 Å². The van der Waals surface area contributed by atoms with Gasteiger partial charge in [-0.2, -0.15) is 4.31 Å². The Morgan fingerprint density at radius 3 is 2.05 bits per heavy atom. The highest BCUT2D eigenvalue weighted by atomic mass is 32.2. The molecule has 0 N–H and O–H groups in total. The Kier molecular flexibility index (Phi) is 6.90. The molecule has 0 spiro atoms. The molecule has 0 unspecified atom stereocenters. The molecule has 1 aromatic heterocycles. The summed E-state index contributed by atoms with van der Waals surface area (Å²) in [5, 5.41) is 0. The molecule has 10 heteroatoms. The average Bonchev–Trinajstić information content (AvgIpc) is 3.67. The van der Waals surface area contributed by atoms with Crippen molar-refractivity contribution in [2.75, 3.05) is 6.61 Å². The normalized spacial score (nSPS) is 23.4. The zero-order valence-corrected chi connectivity index (χ0v) is 23.9. The zero-order chi connectivity index (χ0) is 28.1. The molecule has 0 radical (unpaired) electrons. The van der Waals surface area contributed by atoms with Gasteiger partial charge in [-0.1, -0.05) is 65.7 Å². The smallest absolute Gasteiger partial charge is 0.268 e. The predicted molar refractivity (Wildman–Crippen MR) is 151 cm³/mol. The Labute approximate surface area is 235 Å². The van der Waals surface area contributed by atoms with Crippen LogP contribution in [0.1, 0.15) is 34.8 Å². The molecule has 8 nitrogen and oxygen atoms in total. The van der Waals surface area contributed by atoms with Gasteiger partial charge >= 0.3 is 0 Å². The monoisotopic (exact) mass is 577 g/mol. The molecule has 0 aliphatic carbocycles. The van der Waals surface area contributed by atoms with Crippen molar-refractivity contribution in [3.05, 3.63) is 114 Å². The van der Waals surface area contributed by atoms with Gasteiger partial charge in [-0.15, -0.1) is 0 Å². The van der Waals surface area contributed by atoms with Crippen LogP contribution >= 0.6 is 0 Å². The lowest BCUT2D eigenvalue weighted by Gasteiger charge is -2.31. The molecule has 2 saturated heterocycles. The number of hydrogen-bond donors (Lipinski definition) is 0. The molecule has 40 heavy (non-hydrogen) atoms. The third-order valence-electron chi connectivity index (χ3n) is 7.94. The minimum atomic E-state index is -3.93. The summed E-state index contributed by atoms with van der Waals surface area (Å²) in [4.78, 5) is 4.79. The van der Waals surface area contributed by atoms with E-state index in [0.717, 1.165) is 27.1 Å². The first-order valence-electron chi connectivity index (χ1n) is 13.3.